The summed E-state index contributed by atoms with van der Waals surface area (Å²) in [6.45, 7) is 9.30. The van der Waals surface area contributed by atoms with Gasteiger partial charge in [-0.05, 0) is 30.5 Å². The van der Waals surface area contributed by atoms with Crippen molar-refractivity contribution < 1.29 is 4.74 Å². The Hall–Kier alpha value is -1.80. The van der Waals surface area contributed by atoms with Gasteiger partial charge in [-0.3, -0.25) is 0 Å². The van der Waals surface area contributed by atoms with Crippen LogP contribution in [-0.2, 0) is 11.3 Å². The van der Waals surface area contributed by atoms with E-state index in [2.05, 4.69) is 76.6 Å². The topological polar surface area (TPSA) is 40.1 Å². The lowest BCUT2D eigenvalue weighted by Crippen LogP contribution is -2.40. The van der Waals surface area contributed by atoms with Gasteiger partial charge in [-0.2, -0.15) is 0 Å². The number of nitrogens with one attached hydrogen (secondary N) is 1. The lowest BCUT2D eigenvalue weighted by molar-refractivity contribution is 0.122. The minimum absolute atomic E-state index is 0. The largest absolute Gasteiger partial charge is 0.378 e. The number of anilines is 1. The second-order valence-corrected chi connectivity index (χ2v) is 7.74. The molecule has 0 bridgehead atoms. The lowest BCUT2D eigenvalue weighted by Gasteiger charge is -2.30. The van der Waals surface area contributed by atoms with Gasteiger partial charge >= 0.3 is 0 Å². The Morgan fingerprint density at radius 1 is 1.03 bits per heavy atom. The van der Waals surface area contributed by atoms with E-state index in [0.29, 0.717) is 12.5 Å². The summed E-state index contributed by atoms with van der Waals surface area (Å²) in [7, 11) is 0. The molecule has 2 heterocycles. The number of rotatable bonds is 5. The molecular weight excluding hydrogens is 487 g/mol. The molecule has 2 aliphatic rings. The van der Waals surface area contributed by atoms with Crippen molar-refractivity contribution in [3.8, 4) is 0 Å². The van der Waals surface area contributed by atoms with Crippen molar-refractivity contribution in [2.24, 2.45) is 4.99 Å². The van der Waals surface area contributed by atoms with Crippen LogP contribution in [0, 0.1) is 0 Å². The molecule has 1 unspecified atom stereocenters. The second-order valence-electron chi connectivity index (χ2n) is 7.74. The molecule has 4 rings (SSSR count). The summed E-state index contributed by atoms with van der Waals surface area (Å²) >= 11 is 0. The van der Waals surface area contributed by atoms with Gasteiger partial charge in [0.1, 0.15) is 0 Å². The van der Waals surface area contributed by atoms with Crippen LogP contribution in [0.15, 0.2) is 59.6 Å². The second kappa shape index (κ2) is 11.6. The molecule has 5 nitrogen and oxygen atoms in total. The average molecular weight is 520 g/mol. The first-order chi connectivity index (χ1) is 14.3. The number of para-hydroxylation sites is 1. The highest BCUT2D eigenvalue weighted by molar-refractivity contribution is 14.0. The first-order valence-corrected chi connectivity index (χ1v) is 10.8. The van der Waals surface area contributed by atoms with E-state index in [4.69, 9.17) is 9.73 Å². The molecule has 2 aliphatic heterocycles. The summed E-state index contributed by atoms with van der Waals surface area (Å²) < 4.78 is 5.52. The maximum Gasteiger partial charge on any atom is 0.194 e. The zero-order valence-corrected chi connectivity index (χ0v) is 20.1. The van der Waals surface area contributed by atoms with Crippen LogP contribution in [0.2, 0.25) is 0 Å². The summed E-state index contributed by atoms with van der Waals surface area (Å²) in [4.78, 5) is 9.86. The van der Waals surface area contributed by atoms with Crippen LogP contribution in [0.5, 0.6) is 0 Å². The minimum Gasteiger partial charge on any atom is -0.378 e. The van der Waals surface area contributed by atoms with Crippen LogP contribution in [0.25, 0.3) is 0 Å². The molecule has 2 aromatic rings. The van der Waals surface area contributed by atoms with Crippen LogP contribution in [0.1, 0.15) is 30.4 Å². The van der Waals surface area contributed by atoms with Gasteiger partial charge < -0.3 is 19.9 Å². The number of hydrogen-bond donors (Lipinski definition) is 1. The highest BCUT2D eigenvalue weighted by Gasteiger charge is 2.26. The van der Waals surface area contributed by atoms with Crippen molar-refractivity contribution in [3.63, 3.8) is 0 Å². The van der Waals surface area contributed by atoms with Crippen molar-refractivity contribution in [3.05, 3.63) is 65.7 Å². The first-order valence-electron chi connectivity index (χ1n) is 10.8. The van der Waals surface area contributed by atoms with Gasteiger partial charge in [0.15, 0.2) is 5.96 Å². The Labute approximate surface area is 197 Å². The van der Waals surface area contributed by atoms with E-state index < -0.39 is 0 Å². The average Bonchev–Trinajstić information content (AvgIpc) is 3.28. The number of halogens is 1. The minimum atomic E-state index is 0. The lowest BCUT2D eigenvalue weighted by atomic mass is 9.99. The standard InChI is InChI=1S/C24H32N4O.HI/c1-2-25-24(28-13-12-22(19-28)20-8-4-3-5-9-20)26-18-21-10-6-7-11-23(21)27-14-16-29-17-15-27;/h3-11,22H,2,12-19H2,1H3,(H,25,26);1H. The normalized spacial score (nSPS) is 19.5. The van der Waals surface area contributed by atoms with E-state index >= 15 is 0 Å². The van der Waals surface area contributed by atoms with E-state index in [1.165, 1.54) is 23.2 Å². The van der Waals surface area contributed by atoms with Gasteiger partial charge in [0, 0.05) is 44.3 Å². The van der Waals surface area contributed by atoms with Crippen molar-refractivity contribution in [2.75, 3.05) is 50.8 Å². The number of ether oxygens (including phenoxy) is 1. The van der Waals surface area contributed by atoms with Gasteiger partial charge in [0.25, 0.3) is 0 Å². The molecule has 0 radical (unpaired) electrons. The third-order valence-corrected chi connectivity index (χ3v) is 5.84. The van der Waals surface area contributed by atoms with E-state index in [9.17, 15) is 0 Å². The summed E-state index contributed by atoms with van der Waals surface area (Å²) in [6.07, 6.45) is 1.18. The highest BCUT2D eigenvalue weighted by atomic mass is 127. The number of guanidine groups is 1. The molecule has 2 saturated heterocycles. The predicted octanol–water partition coefficient (Wildman–Crippen LogP) is 4.10. The molecule has 0 saturated carbocycles. The summed E-state index contributed by atoms with van der Waals surface area (Å²) in [5.74, 6) is 1.61. The third kappa shape index (κ3) is 5.66. The SMILES string of the molecule is CCNC(=NCc1ccccc1N1CCOCC1)N1CCC(c2ccccc2)C1.I. The van der Waals surface area contributed by atoms with E-state index in [0.717, 1.165) is 51.9 Å². The quantitative estimate of drug-likeness (QED) is 0.366. The zero-order valence-electron chi connectivity index (χ0n) is 17.8. The van der Waals surface area contributed by atoms with Crippen LogP contribution in [0.4, 0.5) is 5.69 Å². The molecule has 30 heavy (non-hydrogen) atoms. The van der Waals surface area contributed by atoms with Crippen molar-refractivity contribution in [2.45, 2.75) is 25.8 Å². The maximum absolute atomic E-state index is 5.52. The fraction of sp³-hybridized carbons (Fsp3) is 0.458. The molecule has 0 spiro atoms. The smallest absolute Gasteiger partial charge is 0.194 e. The van der Waals surface area contributed by atoms with E-state index in [-0.39, 0.29) is 24.0 Å². The molecule has 1 atom stereocenters. The van der Waals surface area contributed by atoms with Gasteiger partial charge in [0.05, 0.1) is 19.8 Å². The van der Waals surface area contributed by atoms with Crippen molar-refractivity contribution >= 4 is 35.6 Å². The number of likely N-dealkylation sites (tertiary alicyclic amines) is 1. The molecule has 0 aromatic heterocycles. The summed E-state index contributed by atoms with van der Waals surface area (Å²) in [5.41, 5.74) is 4.01. The van der Waals surface area contributed by atoms with Gasteiger partial charge in [0.2, 0.25) is 0 Å². The number of aliphatic imine (C=N–C) groups is 1. The van der Waals surface area contributed by atoms with E-state index in [1.54, 1.807) is 0 Å². The summed E-state index contributed by atoms with van der Waals surface area (Å²) in [5, 5.41) is 3.51. The monoisotopic (exact) mass is 520 g/mol. The predicted molar refractivity (Wildman–Crippen MR) is 135 cm³/mol. The van der Waals surface area contributed by atoms with Crippen molar-refractivity contribution in [1.82, 2.24) is 10.2 Å². The Bertz CT molecular complexity index is 808. The Balaban J connectivity index is 0.00000256. The molecule has 162 valence electrons. The number of nitrogens with zero attached hydrogens (tertiary/aromatic N) is 3. The molecule has 2 aromatic carbocycles. The number of benzene rings is 2. The highest BCUT2D eigenvalue weighted by Crippen LogP contribution is 2.27. The Kier molecular flexibility index (Phi) is 8.81. The van der Waals surface area contributed by atoms with E-state index in [1.807, 2.05) is 0 Å². The fourth-order valence-electron chi connectivity index (χ4n) is 4.29. The van der Waals surface area contributed by atoms with Crippen LogP contribution in [-0.4, -0.2) is 56.8 Å². The van der Waals surface area contributed by atoms with Crippen LogP contribution >= 0.6 is 24.0 Å². The first kappa shape index (κ1) is 22.9. The van der Waals surface area contributed by atoms with Crippen LogP contribution in [0.3, 0.4) is 0 Å². The maximum atomic E-state index is 5.52. The fourth-order valence-corrected chi connectivity index (χ4v) is 4.29. The zero-order chi connectivity index (χ0) is 19.9. The van der Waals surface area contributed by atoms with Gasteiger partial charge in [-0.1, -0.05) is 48.5 Å². The van der Waals surface area contributed by atoms with Gasteiger partial charge in [-0.15, -0.1) is 24.0 Å². The Morgan fingerprint density at radius 3 is 2.53 bits per heavy atom. The third-order valence-electron chi connectivity index (χ3n) is 5.84. The van der Waals surface area contributed by atoms with Crippen molar-refractivity contribution in [1.29, 1.82) is 0 Å². The summed E-state index contributed by atoms with van der Waals surface area (Å²) in [6, 6.07) is 19.5. The molecule has 1 N–H and O–H groups in total. The molecule has 2 fully saturated rings. The van der Waals surface area contributed by atoms with Crippen LogP contribution < -0.4 is 10.2 Å². The number of hydrogen-bond acceptors (Lipinski definition) is 3. The molecular formula is C24H33IN4O. The Morgan fingerprint density at radius 2 is 1.77 bits per heavy atom. The van der Waals surface area contributed by atoms with Gasteiger partial charge in [-0.25, -0.2) is 4.99 Å². The molecule has 6 heteroatoms. The molecule has 0 amide bonds. The molecule has 0 aliphatic carbocycles. The number of morpholine rings is 1.